The van der Waals surface area contributed by atoms with Crippen LogP contribution in [-0.2, 0) is 16.6 Å². The molecule has 0 aromatic heterocycles. The first-order valence-corrected chi connectivity index (χ1v) is 8.54. The number of hydrogen-bond acceptors (Lipinski definition) is 3. The van der Waals surface area contributed by atoms with Crippen molar-refractivity contribution in [2.75, 3.05) is 19.3 Å². The summed E-state index contributed by atoms with van der Waals surface area (Å²) in [4.78, 5) is 0. The molecule has 1 aromatic carbocycles. The molecule has 7 heteroatoms. The van der Waals surface area contributed by atoms with E-state index in [1.54, 1.807) is 0 Å². The lowest BCUT2D eigenvalue weighted by atomic mass is 10.2. The van der Waals surface area contributed by atoms with Crippen molar-refractivity contribution in [2.45, 2.75) is 13.0 Å². The molecule has 0 aliphatic heterocycles. The van der Waals surface area contributed by atoms with Gasteiger partial charge in [-0.3, -0.25) is 0 Å². The zero-order chi connectivity index (χ0) is 13.6. The molecular formula is C11H16BrClN2O2S. The molecule has 0 amide bonds. The highest BCUT2D eigenvalue weighted by molar-refractivity contribution is 9.10. The number of benzene rings is 1. The maximum absolute atomic E-state index is 10.8. The van der Waals surface area contributed by atoms with Crippen molar-refractivity contribution in [1.29, 1.82) is 0 Å². The predicted molar refractivity (Wildman–Crippen MR) is 78.3 cm³/mol. The van der Waals surface area contributed by atoms with Gasteiger partial charge in [0.1, 0.15) is 0 Å². The molecule has 0 radical (unpaired) electrons. The summed E-state index contributed by atoms with van der Waals surface area (Å²) in [5.74, 6) is 0. The fourth-order valence-electron chi connectivity index (χ4n) is 1.37. The second-order valence-corrected chi connectivity index (χ2v) is 7.06. The lowest BCUT2D eigenvalue weighted by molar-refractivity contribution is 0.579. The van der Waals surface area contributed by atoms with E-state index in [-0.39, 0.29) is 0 Å². The minimum Gasteiger partial charge on any atom is -0.313 e. The quantitative estimate of drug-likeness (QED) is 0.737. The van der Waals surface area contributed by atoms with Gasteiger partial charge in [0.15, 0.2) is 0 Å². The summed E-state index contributed by atoms with van der Waals surface area (Å²) in [5.41, 5.74) is 1.08. The van der Waals surface area contributed by atoms with Crippen LogP contribution in [0.3, 0.4) is 0 Å². The zero-order valence-corrected chi connectivity index (χ0v) is 13.2. The molecule has 102 valence electrons. The van der Waals surface area contributed by atoms with Crippen LogP contribution in [0.5, 0.6) is 0 Å². The second kappa shape index (κ2) is 7.45. The largest absolute Gasteiger partial charge is 0.313 e. The molecule has 0 fully saturated rings. The molecule has 0 atom stereocenters. The SMILES string of the molecule is CS(=O)(=O)NCCCNCc1cc(Cl)ccc1Br. The van der Waals surface area contributed by atoms with Crippen molar-refractivity contribution < 1.29 is 8.42 Å². The van der Waals surface area contributed by atoms with Crippen LogP contribution in [-0.4, -0.2) is 27.8 Å². The zero-order valence-electron chi connectivity index (χ0n) is 10.0. The Labute approximate surface area is 121 Å². The fourth-order valence-corrected chi connectivity index (χ4v) is 2.47. The van der Waals surface area contributed by atoms with Crippen LogP contribution in [0, 0.1) is 0 Å². The highest BCUT2D eigenvalue weighted by atomic mass is 79.9. The second-order valence-electron chi connectivity index (χ2n) is 3.93. The van der Waals surface area contributed by atoms with E-state index in [1.165, 1.54) is 0 Å². The first kappa shape index (κ1) is 15.9. The first-order valence-electron chi connectivity index (χ1n) is 5.48. The lowest BCUT2D eigenvalue weighted by Crippen LogP contribution is -2.26. The van der Waals surface area contributed by atoms with Crippen molar-refractivity contribution >= 4 is 37.6 Å². The van der Waals surface area contributed by atoms with Gasteiger partial charge in [-0.15, -0.1) is 0 Å². The van der Waals surface area contributed by atoms with Gasteiger partial charge in [-0.2, -0.15) is 0 Å². The molecule has 0 heterocycles. The highest BCUT2D eigenvalue weighted by Gasteiger charge is 2.01. The average Bonchev–Trinajstić information content (AvgIpc) is 2.26. The van der Waals surface area contributed by atoms with Gasteiger partial charge >= 0.3 is 0 Å². The number of sulfonamides is 1. The molecule has 0 unspecified atom stereocenters. The molecule has 4 nitrogen and oxygen atoms in total. The normalized spacial score (nSPS) is 11.7. The summed E-state index contributed by atoms with van der Waals surface area (Å²) in [6.07, 6.45) is 1.90. The van der Waals surface area contributed by atoms with Gasteiger partial charge < -0.3 is 5.32 Å². The Morgan fingerprint density at radius 2 is 2.06 bits per heavy atom. The van der Waals surface area contributed by atoms with Crippen molar-refractivity contribution in [2.24, 2.45) is 0 Å². The summed E-state index contributed by atoms with van der Waals surface area (Å²) >= 11 is 9.35. The Morgan fingerprint density at radius 3 is 2.72 bits per heavy atom. The maximum Gasteiger partial charge on any atom is 0.208 e. The third kappa shape index (κ3) is 6.70. The summed E-state index contributed by atoms with van der Waals surface area (Å²) < 4.78 is 25.1. The Kier molecular flexibility index (Phi) is 6.59. The molecule has 0 saturated heterocycles. The molecule has 0 aliphatic rings. The van der Waals surface area contributed by atoms with E-state index in [0.29, 0.717) is 18.1 Å². The van der Waals surface area contributed by atoms with Crippen LogP contribution in [0.1, 0.15) is 12.0 Å². The van der Waals surface area contributed by atoms with Crippen molar-refractivity contribution in [3.05, 3.63) is 33.3 Å². The average molecular weight is 356 g/mol. The maximum atomic E-state index is 10.8. The van der Waals surface area contributed by atoms with E-state index >= 15 is 0 Å². The number of nitrogens with one attached hydrogen (secondary N) is 2. The minimum absolute atomic E-state index is 0.447. The van der Waals surface area contributed by atoms with Crippen molar-refractivity contribution in [3.8, 4) is 0 Å². The number of halogens is 2. The molecule has 0 spiro atoms. The van der Waals surface area contributed by atoms with Crippen LogP contribution in [0.25, 0.3) is 0 Å². The number of rotatable bonds is 7. The van der Waals surface area contributed by atoms with Crippen LogP contribution in [0.15, 0.2) is 22.7 Å². The fraction of sp³-hybridized carbons (Fsp3) is 0.455. The topological polar surface area (TPSA) is 58.2 Å². The summed E-state index contributed by atoms with van der Waals surface area (Å²) in [6, 6.07) is 5.63. The Morgan fingerprint density at radius 1 is 1.33 bits per heavy atom. The van der Waals surface area contributed by atoms with E-state index in [4.69, 9.17) is 11.6 Å². The Bertz CT molecular complexity index is 494. The van der Waals surface area contributed by atoms with Gasteiger partial charge in [-0.1, -0.05) is 27.5 Å². The third-order valence-corrected chi connectivity index (χ3v) is 3.96. The monoisotopic (exact) mass is 354 g/mol. The van der Waals surface area contributed by atoms with Crippen LogP contribution in [0.2, 0.25) is 5.02 Å². The number of hydrogen-bond donors (Lipinski definition) is 2. The summed E-state index contributed by atoms with van der Waals surface area (Å²) in [6.45, 7) is 1.88. The highest BCUT2D eigenvalue weighted by Crippen LogP contribution is 2.20. The van der Waals surface area contributed by atoms with E-state index in [9.17, 15) is 8.42 Å². The van der Waals surface area contributed by atoms with Gasteiger partial charge in [0.05, 0.1) is 6.26 Å². The van der Waals surface area contributed by atoms with Gasteiger partial charge in [0.2, 0.25) is 10.0 Å². The molecule has 0 saturated carbocycles. The van der Waals surface area contributed by atoms with E-state index in [2.05, 4.69) is 26.0 Å². The molecule has 18 heavy (non-hydrogen) atoms. The van der Waals surface area contributed by atoms with Crippen molar-refractivity contribution in [3.63, 3.8) is 0 Å². The molecule has 0 aliphatic carbocycles. The van der Waals surface area contributed by atoms with E-state index in [1.807, 2.05) is 18.2 Å². The van der Waals surface area contributed by atoms with Gasteiger partial charge in [0.25, 0.3) is 0 Å². The van der Waals surface area contributed by atoms with Crippen LogP contribution in [0.4, 0.5) is 0 Å². The molecule has 2 N–H and O–H groups in total. The first-order chi connectivity index (χ1) is 8.38. The van der Waals surface area contributed by atoms with Gasteiger partial charge in [-0.05, 0) is 36.7 Å². The Hall–Kier alpha value is -0.140. The standard InChI is InChI=1S/C11H16BrClN2O2S/c1-18(16,17)15-6-2-5-14-8-9-7-10(13)3-4-11(9)12/h3-4,7,14-15H,2,5-6,8H2,1H3. The van der Waals surface area contributed by atoms with Crippen molar-refractivity contribution in [1.82, 2.24) is 10.0 Å². The van der Waals surface area contributed by atoms with E-state index < -0.39 is 10.0 Å². The smallest absolute Gasteiger partial charge is 0.208 e. The summed E-state index contributed by atoms with van der Waals surface area (Å²) in [7, 11) is -3.08. The van der Waals surface area contributed by atoms with Crippen LogP contribution >= 0.6 is 27.5 Å². The molecule has 1 aromatic rings. The third-order valence-electron chi connectivity index (χ3n) is 2.22. The molecule has 1 rings (SSSR count). The molecule has 0 bridgehead atoms. The van der Waals surface area contributed by atoms with E-state index in [0.717, 1.165) is 29.3 Å². The Balaban J connectivity index is 2.24. The predicted octanol–water partition coefficient (Wildman–Crippen LogP) is 2.13. The van der Waals surface area contributed by atoms with Gasteiger partial charge in [-0.25, -0.2) is 13.1 Å². The van der Waals surface area contributed by atoms with Crippen LogP contribution < -0.4 is 10.0 Å². The molecular weight excluding hydrogens is 340 g/mol. The summed E-state index contributed by atoms with van der Waals surface area (Å²) in [5, 5.41) is 3.94. The minimum atomic E-state index is -3.08. The lowest BCUT2D eigenvalue weighted by Gasteiger charge is -2.07. The van der Waals surface area contributed by atoms with Gasteiger partial charge in [0, 0.05) is 22.6 Å².